The summed E-state index contributed by atoms with van der Waals surface area (Å²) in [7, 11) is 0. The Morgan fingerprint density at radius 3 is 2.06 bits per heavy atom. The van der Waals surface area contributed by atoms with Crippen LogP contribution in [-0.2, 0) is 4.79 Å². The molecule has 1 N–H and O–H groups in total. The van der Waals surface area contributed by atoms with E-state index in [1.54, 1.807) is 0 Å². The van der Waals surface area contributed by atoms with Gasteiger partial charge in [-0.1, -0.05) is 0 Å². The number of carbonyl (C=O) groups is 1. The quantitative estimate of drug-likeness (QED) is 0.495. The molecule has 1 amide bonds. The van der Waals surface area contributed by atoms with E-state index < -0.39 is 16.0 Å². The molecule has 0 heterocycles. The third kappa shape index (κ3) is 9.64. The van der Waals surface area contributed by atoms with E-state index >= 15 is 0 Å². The number of nitrogens with one attached hydrogen (secondary N) is 1. The molecule has 0 fully saturated rings. The topological polar surface area (TPSA) is 29.1 Å². The van der Waals surface area contributed by atoms with Crippen molar-refractivity contribution < 1.29 is 4.79 Å². The van der Waals surface area contributed by atoms with Crippen molar-refractivity contribution in [1.29, 1.82) is 0 Å². The van der Waals surface area contributed by atoms with Crippen molar-refractivity contribution in [2.24, 2.45) is 5.92 Å². The van der Waals surface area contributed by atoms with Gasteiger partial charge in [0.2, 0.25) is 0 Å². The minimum atomic E-state index is -2.09. The summed E-state index contributed by atoms with van der Waals surface area (Å²) < 4.78 is 3.37. The molecule has 0 atom stereocenters. The normalized spacial score (nSPS) is 12.8. The maximum absolute atomic E-state index is 12.0. The van der Waals surface area contributed by atoms with Gasteiger partial charge in [-0.05, 0) is 0 Å². The Hall–Kier alpha value is 0.740. The molecule has 0 aliphatic rings. The van der Waals surface area contributed by atoms with E-state index in [2.05, 4.69) is 45.8 Å². The predicted octanol–water partition coefficient (Wildman–Crippen LogP) is 4.70. The summed E-state index contributed by atoms with van der Waals surface area (Å²) in [4.78, 5) is 12.0. The summed E-state index contributed by atoms with van der Waals surface area (Å²) in [6.45, 7) is 9.55. The Kier molecular flexibility index (Phi) is 11.0. The van der Waals surface area contributed by atoms with Gasteiger partial charge in [0.15, 0.2) is 0 Å². The second-order valence-corrected chi connectivity index (χ2v) is 23.1. The Labute approximate surface area is 123 Å². The number of unbranched alkanes of at least 4 members (excludes halogenated alkanes) is 2. The van der Waals surface area contributed by atoms with Crippen LogP contribution in [0.5, 0.6) is 0 Å². The summed E-state index contributed by atoms with van der Waals surface area (Å²) in [6, 6.07) is 0. The van der Waals surface area contributed by atoms with Gasteiger partial charge >= 0.3 is 124 Å². The van der Waals surface area contributed by atoms with Crippen LogP contribution < -0.4 is 5.32 Å². The Morgan fingerprint density at radius 2 is 1.67 bits per heavy atom. The SMILES string of the molecule is CCCC[Te](Br)(CCCC)CC(=O)NCC(C)C. The summed E-state index contributed by atoms with van der Waals surface area (Å²) >= 11 is 1.93. The van der Waals surface area contributed by atoms with Gasteiger partial charge in [0.25, 0.3) is 0 Å². The molecule has 0 aromatic carbocycles. The van der Waals surface area contributed by atoms with Crippen LogP contribution in [0.15, 0.2) is 0 Å². The number of hydrogen-bond donors (Lipinski definition) is 1. The molecular weight excluding hydrogens is 406 g/mol. The molecule has 0 radical (unpaired) electrons. The monoisotopic (exact) mass is 437 g/mol. The molecule has 2 nitrogen and oxygen atoms in total. The molecule has 0 bridgehead atoms. The first-order valence-electron chi connectivity index (χ1n) is 7.16. The van der Waals surface area contributed by atoms with E-state index in [1.165, 1.54) is 34.6 Å². The van der Waals surface area contributed by atoms with Crippen molar-refractivity contribution in [3.8, 4) is 0 Å². The summed E-state index contributed by atoms with van der Waals surface area (Å²) in [5, 5.41) is 3.07. The zero-order chi connectivity index (χ0) is 14.0. The van der Waals surface area contributed by atoms with Crippen LogP contribution in [0, 0.1) is 5.92 Å². The molecule has 110 valence electrons. The fraction of sp³-hybridized carbons (Fsp3) is 0.929. The minimum absolute atomic E-state index is 0.272. The van der Waals surface area contributed by atoms with Gasteiger partial charge in [0.05, 0.1) is 0 Å². The van der Waals surface area contributed by atoms with Crippen molar-refractivity contribution >= 4 is 34.6 Å². The summed E-state index contributed by atoms with van der Waals surface area (Å²) in [5.74, 6) is 0.812. The fourth-order valence-electron chi connectivity index (χ4n) is 1.66. The third-order valence-electron chi connectivity index (χ3n) is 2.82. The summed E-state index contributed by atoms with van der Waals surface area (Å²) in [5.41, 5.74) is 0. The number of amides is 1. The number of hydrogen-bond acceptors (Lipinski definition) is 1. The van der Waals surface area contributed by atoms with Gasteiger partial charge < -0.3 is 0 Å². The first-order valence-corrected chi connectivity index (χ1v) is 17.3. The van der Waals surface area contributed by atoms with E-state index in [0.29, 0.717) is 5.92 Å². The molecule has 0 rings (SSSR count). The van der Waals surface area contributed by atoms with Gasteiger partial charge in [0.1, 0.15) is 0 Å². The molecule has 0 saturated carbocycles. The van der Waals surface area contributed by atoms with E-state index in [4.69, 9.17) is 0 Å². The summed E-state index contributed by atoms with van der Waals surface area (Å²) in [6.07, 6.45) is 5.01. The average molecular weight is 436 g/mol. The van der Waals surface area contributed by atoms with Gasteiger partial charge in [-0.15, -0.1) is 0 Å². The first-order chi connectivity index (χ1) is 8.43. The van der Waals surface area contributed by atoms with E-state index in [1.807, 2.05) is 0 Å². The van der Waals surface area contributed by atoms with Gasteiger partial charge in [-0.3, -0.25) is 0 Å². The van der Waals surface area contributed by atoms with Crippen LogP contribution in [-0.4, -0.2) is 28.4 Å². The standard InChI is InChI=1S/C14H30BrNOTe/c1-5-7-9-18(15,10-8-6-2)12-14(17)16-11-13(3)4/h13H,5-12H2,1-4H3,(H,16,17). The zero-order valence-corrected chi connectivity index (χ0v) is 16.3. The van der Waals surface area contributed by atoms with Gasteiger partial charge in [0, 0.05) is 0 Å². The second-order valence-electron chi connectivity index (χ2n) is 5.40. The molecule has 18 heavy (non-hydrogen) atoms. The Morgan fingerprint density at radius 1 is 1.17 bits per heavy atom. The maximum atomic E-state index is 12.0. The van der Waals surface area contributed by atoms with E-state index in [-0.39, 0.29) is 5.91 Å². The number of rotatable bonds is 10. The van der Waals surface area contributed by atoms with Crippen molar-refractivity contribution in [2.45, 2.75) is 66.8 Å². The molecular formula is C14H30BrNOTe. The Balaban J connectivity index is 4.24. The zero-order valence-electron chi connectivity index (χ0n) is 12.4. The van der Waals surface area contributed by atoms with Crippen LogP contribution >= 0.6 is 12.8 Å². The van der Waals surface area contributed by atoms with E-state index in [9.17, 15) is 4.79 Å². The molecule has 0 aromatic rings. The fourth-order valence-corrected chi connectivity index (χ4v) is 13.8. The molecule has 0 spiro atoms. The molecule has 0 aliphatic heterocycles. The number of carbonyl (C=O) groups excluding carboxylic acids is 1. The van der Waals surface area contributed by atoms with Crippen molar-refractivity contribution in [3.63, 3.8) is 0 Å². The van der Waals surface area contributed by atoms with Gasteiger partial charge in [-0.25, -0.2) is 0 Å². The number of halogens is 1. The Bertz CT molecular complexity index is 226. The van der Waals surface area contributed by atoms with Crippen LogP contribution in [0.2, 0.25) is 13.4 Å². The van der Waals surface area contributed by atoms with Crippen LogP contribution in [0.3, 0.4) is 0 Å². The van der Waals surface area contributed by atoms with Crippen molar-refractivity contribution in [2.75, 3.05) is 6.54 Å². The van der Waals surface area contributed by atoms with Crippen LogP contribution in [0.1, 0.15) is 53.4 Å². The second kappa shape index (κ2) is 10.5. The predicted molar refractivity (Wildman–Crippen MR) is 86.8 cm³/mol. The molecule has 0 saturated heterocycles. The van der Waals surface area contributed by atoms with Crippen molar-refractivity contribution in [1.82, 2.24) is 5.32 Å². The molecule has 0 aliphatic carbocycles. The third-order valence-corrected chi connectivity index (χ3v) is 16.8. The average Bonchev–Trinajstić information content (AvgIpc) is 2.31. The molecule has 4 heteroatoms. The van der Waals surface area contributed by atoms with Gasteiger partial charge in [-0.2, -0.15) is 0 Å². The molecule has 0 unspecified atom stereocenters. The molecule has 0 aromatic heterocycles. The van der Waals surface area contributed by atoms with Crippen LogP contribution in [0.25, 0.3) is 0 Å². The van der Waals surface area contributed by atoms with Crippen LogP contribution in [0.4, 0.5) is 0 Å². The van der Waals surface area contributed by atoms with Crippen molar-refractivity contribution in [3.05, 3.63) is 0 Å². The first kappa shape index (κ1) is 18.7. The van der Waals surface area contributed by atoms with E-state index in [0.717, 1.165) is 11.0 Å².